The van der Waals surface area contributed by atoms with Gasteiger partial charge < -0.3 is 10.4 Å². The molecule has 21 heavy (non-hydrogen) atoms. The van der Waals surface area contributed by atoms with Gasteiger partial charge in [0.1, 0.15) is 5.82 Å². The first-order valence-corrected chi connectivity index (χ1v) is 6.59. The highest BCUT2D eigenvalue weighted by Crippen LogP contribution is 2.18. The lowest BCUT2D eigenvalue weighted by molar-refractivity contribution is 0.170. The number of aliphatic hydroxyl groups is 1. The van der Waals surface area contributed by atoms with Gasteiger partial charge in [-0.1, -0.05) is 18.2 Å². The molecular weight excluding hydrogens is 279 g/mol. The van der Waals surface area contributed by atoms with Gasteiger partial charge in [0.2, 0.25) is 0 Å². The lowest BCUT2D eigenvalue weighted by Gasteiger charge is -2.18. The molecule has 2 aromatic rings. The average molecular weight is 295 g/mol. The van der Waals surface area contributed by atoms with E-state index >= 15 is 0 Å². The van der Waals surface area contributed by atoms with Crippen LogP contribution in [0.25, 0.3) is 0 Å². The molecule has 0 saturated carbocycles. The van der Waals surface area contributed by atoms with E-state index < -0.39 is 17.7 Å². The lowest BCUT2D eigenvalue weighted by atomic mass is 10.1. The molecule has 112 valence electrons. The quantitative estimate of drug-likeness (QED) is 0.885. The third-order valence-electron chi connectivity index (χ3n) is 3.29. The zero-order valence-corrected chi connectivity index (χ0v) is 11.5. The molecule has 0 radical (unpaired) electrons. The summed E-state index contributed by atoms with van der Waals surface area (Å²) in [6.45, 7) is 1.97. The molecule has 0 aliphatic rings. The monoisotopic (exact) mass is 295 g/mol. The van der Waals surface area contributed by atoms with Gasteiger partial charge in [-0.3, -0.25) is 0 Å². The second kappa shape index (κ2) is 6.74. The van der Waals surface area contributed by atoms with Crippen molar-refractivity contribution in [2.45, 2.75) is 19.1 Å². The number of hydrogen-bond donors (Lipinski definition) is 2. The van der Waals surface area contributed by atoms with Gasteiger partial charge in [-0.05, 0) is 42.3 Å². The van der Waals surface area contributed by atoms with Crippen molar-refractivity contribution in [1.29, 1.82) is 0 Å². The van der Waals surface area contributed by atoms with E-state index in [4.69, 9.17) is 0 Å². The second-order valence-electron chi connectivity index (χ2n) is 4.87. The summed E-state index contributed by atoms with van der Waals surface area (Å²) in [5.41, 5.74) is 1.03. The normalized spacial score (nSPS) is 14.0. The molecule has 0 saturated heterocycles. The fourth-order valence-corrected chi connectivity index (χ4v) is 2.02. The Morgan fingerprint density at radius 1 is 1.00 bits per heavy atom. The van der Waals surface area contributed by atoms with Crippen LogP contribution < -0.4 is 5.32 Å². The van der Waals surface area contributed by atoms with Crippen molar-refractivity contribution < 1.29 is 18.3 Å². The largest absolute Gasteiger partial charge is 0.387 e. The summed E-state index contributed by atoms with van der Waals surface area (Å²) in [4.78, 5) is 0. The molecule has 0 aliphatic heterocycles. The molecule has 2 atom stereocenters. The topological polar surface area (TPSA) is 32.3 Å². The maximum Gasteiger partial charge on any atom is 0.159 e. The predicted octanol–water partition coefficient (Wildman–Crippen LogP) is 3.49. The zero-order valence-electron chi connectivity index (χ0n) is 11.5. The third kappa shape index (κ3) is 4.06. The summed E-state index contributed by atoms with van der Waals surface area (Å²) in [5.74, 6) is -2.28. The van der Waals surface area contributed by atoms with E-state index in [1.54, 1.807) is 12.1 Å². The molecule has 0 heterocycles. The molecule has 0 bridgehead atoms. The third-order valence-corrected chi connectivity index (χ3v) is 3.29. The van der Waals surface area contributed by atoms with Crippen LogP contribution in [0.5, 0.6) is 0 Å². The highest BCUT2D eigenvalue weighted by molar-refractivity contribution is 5.21. The second-order valence-corrected chi connectivity index (χ2v) is 4.87. The maximum atomic E-state index is 13.1. The summed E-state index contributed by atoms with van der Waals surface area (Å²) in [6, 6.07) is 9.23. The first-order chi connectivity index (χ1) is 9.97. The standard InChI is InChI=1S/C16H16F3NO/c1-10(11-3-2-4-13(17)7-11)20-9-16(21)12-5-6-14(18)15(19)8-12/h2-8,10,16,20-21H,9H2,1H3. The van der Waals surface area contributed by atoms with Crippen molar-refractivity contribution in [3.05, 3.63) is 71.0 Å². The summed E-state index contributed by atoms with van der Waals surface area (Å²) in [7, 11) is 0. The molecule has 2 nitrogen and oxygen atoms in total. The van der Waals surface area contributed by atoms with Crippen LogP contribution in [0.1, 0.15) is 30.2 Å². The van der Waals surface area contributed by atoms with Crippen LogP contribution in [0, 0.1) is 17.5 Å². The molecule has 0 spiro atoms. The molecule has 5 heteroatoms. The van der Waals surface area contributed by atoms with Gasteiger partial charge in [-0.2, -0.15) is 0 Å². The Balaban J connectivity index is 1.97. The summed E-state index contributed by atoms with van der Waals surface area (Å²) in [6.07, 6.45) is -0.976. The number of rotatable bonds is 5. The van der Waals surface area contributed by atoms with E-state index in [-0.39, 0.29) is 24.0 Å². The Kier molecular flexibility index (Phi) is 4.98. The molecular formula is C16H16F3NO. The van der Waals surface area contributed by atoms with Crippen molar-refractivity contribution in [3.8, 4) is 0 Å². The predicted molar refractivity (Wildman–Crippen MR) is 74.1 cm³/mol. The molecule has 0 fully saturated rings. The van der Waals surface area contributed by atoms with Crippen LogP contribution >= 0.6 is 0 Å². The van der Waals surface area contributed by atoms with E-state index in [0.717, 1.165) is 17.7 Å². The van der Waals surface area contributed by atoms with Gasteiger partial charge >= 0.3 is 0 Å². The van der Waals surface area contributed by atoms with Gasteiger partial charge in [0.25, 0.3) is 0 Å². The minimum atomic E-state index is -0.996. The number of halogens is 3. The molecule has 2 aromatic carbocycles. The SMILES string of the molecule is CC(NCC(O)c1ccc(F)c(F)c1)c1cccc(F)c1. The van der Waals surface area contributed by atoms with Gasteiger partial charge in [-0.15, -0.1) is 0 Å². The van der Waals surface area contributed by atoms with Crippen molar-refractivity contribution in [3.63, 3.8) is 0 Å². The summed E-state index contributed by atoms with van der Waals surface area (Å²) in [5, 5.41) is 13.0. The Morgan fingerprint density at radius 2 is 1.76 bits per heavy atom. The summed E-state index contributed by atoms with van der Waals surface area (Å²) >= 11 is 0. The minimum absolute atomic E-state index is 0.142. The number of hydrogen-bond acceptors (Lipinski definition) is 2. The van der Waals surface area contributed by atoms with Crippen LogP contribution in [0.3, 0.4) is 0 Å². The number of benzene rings is 2. The van der Waals surface area contributed by atoms with Crippen LogP contribution in [0.2, 0.25) is 0 Å². The van der Waals surface area contributed by atoms with Crippen LogP contribution in [0.15, 0.2) is 42.5 Å². The fraction of sp³-hybridized carbons (Fsp3) is 0.250. The number of nitrogens with one attached hydrogen (secondary N) is 1. The molecule has 2 unspecified atom stereocenters. The Bertz CT molecular complexity index is 618. The Hall–Kier alpha value is -1.85. The van der Waals surface area contributed by atoms with Crippen molar-refractivity contribution in [1.82, 2.24) is 5.32 Å². The number of aliphatic hydroxyl groups excluding tert-OH is 1. The van der Waals surface area contributed by atoms with E-state index in [1.807, 2.05) is 6.92 Å². The first kappa shape index (κ1) is 15.5. The van der Waals surface area contributed by atoms with Crippen LogP contribution in [0.4, 0.5) is 13.2 Å². The zero-order chi connectivity index (χ0) is 15.4. The first-order valence-electron chi connectivity index (χ1n) is 6.59. The lowest BCUT2D eigenvalue weighted by Crippen LogP contribution is -2.24. The average Bonchev–Trinajstić information content (AvgIpc) is 2.47. The van der Waals surface area contributed by atoms with Gasteiger partial charge in [0.05, 0.1) is 6.10 Å². The molecule has 0 aromatic heterocycles. The van der Waals surface area contributed by atoms with Crippen molar-refractivity contribution in [2.24, 2.45) is 0 Å². The van der Waals surface area contributed by atoms with Crippen molar-refractivity contribution in [2.75, 3.05) is 6.54 Å². The van der Waals surface area contributed by atoms with Crippen LogP contribution in [-0.4, -0.2) is 11.7 Å². The molecule has 0 aliphatic carbocycles. The van der Waals surface area contributed by atoms with E-state index in [9.17, 15) is 18.3 Å². The highest BCUT2D eigenvalue weighted by Gasteiger charge is 2.13. The van der Waals surface area contributed by atoms with E-state index in [2.05, 4.69) is 5.32 Å². The molecule has 2 rings (SSSR count). The van der Waals surface area contributed by atoms with Crippen LogP contribution in [-0.2, 0) is 0 Å². The fourth-order valence-electron chi connectivity index (χ4n) is 2.02. The van der Waals surface area contributed by atoms with Gasteiger partial charge in [0.15, 0.2) is 11.6 Å². The molecule has 2 N–H and O–H groups in total. The van der Waals surface area contributed by atoms with Gasteiger partial charge in [-0.25, -0.2) is 13.2 Å². The smallest absolute Gasteiger partial charge is 0.159 e. The highest BCUT2D eigenvalue weighted by atomic mass is 19.2. The molecule has 0 amide bonds. The Morgan fingerprint density at radius 3 is 2.43 bits per heavy atom. The maximum absolute atomic E-state index is 13.1. The minimum Gasteiger partial charge on any atom is -0.387 e. The summed E-state index contributed by atoms with van der Waals surface area (Å²) < 4.78 is 39.0. The Labute approximate surface area is 121 Å². The van der Waals surface area contributed by atoms with Gasteiger partial charge in [0, 0.05) is 12.6 Å². The van der Waals surface area contributed by atoms with Crippen molar-refractivity contribution >= 4 is 0 Å². The van der Waals surface area contributed by atoms with E-state index in [0.29, 0.717) is 0 Å². The van der Waals surface area contributed by atoms with E-state index in [1.165, 1.54) is 18.2 Å².